The molecule has 0 aliphatic heterocycles. The van der Waals surface area contributed by atoms with Crippen molar-refractivity contribution in [2.75, 3.05) is 24.3 Å². The minimum atomic E-state index is -0.914. The fraction of sp³-hybridized carbons (Fsp3) is 0.556. The van der Waals surface area contributed by atoms with Gasteiger partial charge in [-0.05, 0) is 6.42 Å². The highest BCUT2D eigenvalue weighted by atomic mass is 32.2. The monoisotopic (exact) mass is 244 g/mol. The first-order valence-corrected chi connectivity index (χ1v) is 6.69. The van der Waals surface area contributed by atoms with Crippen molar-refractivity contribution in [1.29, 1.82) is 0 Å². The highest BCUT2D eigenvalue weighted by Crippen LogP contribution is 2.13. The van der Waals surface area contributed by atoms with E-state index in [4.69, 9.17) is 5.73 Å². The average Bonchev–Trinajstić information content (AvgIpc) is 2.58. The van der Waals surface area contributed by atoms with Crippen LogP contribution in [-0.2, 0) is 17.2 Å². The van der Waals surface area contributed by atoms with E-state index in [2.05, 4.69) is 15.5 Å². The molecule has 1 aromatic heterocycles. The summed E-state index contributed by atoms with van der Waals surface area (Å²) in [4.78, 5) is 11.6. The lowest BCUT2D eigenvalue weighted by Gasteiger charge is -2.02. The van der Waals surface area contributed by atoms with Gasteiger partial charge < -0.3 is 11.1 Å². The molecule has 6 nitrogen and oxygen atoms in total. The van der Waals surface area contributed by atoms with Gasteiger partial charge in [0.05, 0.1) is 11.4 Å². The number of nitrogens with two attached hydrogens (primary N) is 1. The van der Waals surface area contributed by atoms with E-state index < -0.39 is 10.8 Å². The van der Waals surface area contributed by atoms with Crippen LogP contribution in [-0.4, -0.2) is 38.9 Å². The number of hydrogen-bond acceptors (Lipinski definition) is 4. The maximum absolute atomic E-state index is 11.6. The van der Waals surface area contributed by atoms with Gasteiger partial charge in [-0.3, -0.25) is 14.1 Å². The number of amides is 1. The zero-order valence-corrected chi connectivity index (χ0v) is 10.2. The number of anilines is 1. The van der Waals surface area contributed by atoms with Gasteiger partial charge in [0, 0.05) is 29.4 Å². The van der Waals surface area contributed by atoms with Crippen LogP contribution in [0.4, 0.5) is 5.69 Å². The molecule has 1 heterocycles. The minimum absolute atomic E-state index is 0.207. The number of aromatic amines is 1. The van der Waals surface area contributed by atoms with E-state index in [9.17, 15) is 9.00 Å². The van der Waals surface area contributed by atoms with E-state index in [1.54, 1.807) is 6.26 Å². The summed E-state index contributed by atoms with van der Waals surface area (Å²) in [6.45, 7) is 2.28. The maximum atomic E-state index is 11.6. The summed E-state index contributed by atoms with van der Waals surface area (Å²) in [5, 5.41) is 9.17. The lowest BCUT2D eigenvalue weighted by atomic mass is 10.2. The Morgan fingerprint density at radius 3 is 2.81 bits per heavy atom. The second kappa shape index (κ2) is 5.64. The molecule has 0 spiro atoms. The molecule has 1 amide bonds. The first-order valence-electron chi connectivity index (χ1n) is 4.97. The van der Waals surface area contributed by atoms with E-state index in [0.717, 1.165) is 5.69 Å². The van der Waals surface area contributed by atoms with Gasteiger partial charge in [-0.1, -0.05) is 6.92 Å². The largest absolute Gasteiger partial charge is 0.395 e. The van der Waals surface area contributed by atoms with Crippen molar-refractivity contribution in [3.05, 3.63) is 11.4 Å². The van der Waals surface area contributed by atoms with Gasteiger partial charge in [-0.15, -0.1) is 0 Å². The van der Waals surface area contributed by atoms with E-state index in [-0.39, 0.29) is 11.6 Å². The van der Waals surface area contributed by atoms with Crippen molar-refractivity contribution in [2.45, 2.75) is 13.3 Å². The Bertz CT molecular complexity index is 402. The van der Waals surface area contributed by atoms with Crippen LogP contribution in [0.2, 0.25) is 0 Å². The molecule has 1 rings (SSSR count). The van der Waals surface area contributed by atoms with Gasteiger partial charge >= 0.3 is 0 Å². The van der Waals surface area contributed by atoms with Crippen LogP contribution in [0.1, 0.15) is 23.1 Å². The SMILES string of the molecule is CCc1[nH]nc(C(=O)NCCS(C)=O)c1N. The molecule has 4 N–H and O–H groups in total. The summed E-state index contributed by atoms with van der Waals surface area (Å²) in [5.74, 6) is 0.0929. The quantitative estimate of drug-likeness (QED) is 0.659. The first kappa shape index (κ1) is 12.7. The van der Waals surface area contributed by atoms with Crippen molar-refractivity contribution in [2.24, 2.45) is 0 Å². The molecule has 1 atom stereocenters. The van der Waals surface area contributed by atoms with Gasteiger partial charge in [-0.2, -0.15) is 5.10 Å². The maximum Gasteiger partial charge on any atom is 0.273 e. The third-order valence-corrected chi connectivity index (χ3v) is 2.91. The van der Waals surface area contributed by atoms with Crippen molar-refractivity contribution in [3.63, 3.8) is 0 Å². The van der Waals surface area contributed by atoms with Gasteiger partial charge in [0.15, 0.2) is 5.69 Å². The Labute approximate surface area is 96.4 Å². The Balaban J connectivity index is 2.59. The zero-order valence-electron chi connectivity index (χ0n) is 9.37. The summed E-state index contributed by atoms with van der Waals surface area (Å²) >= 11 is 0. The van der Waals surface area contributed by atoms with Crippen LogP contribution in [0, 0.1) is 0 Å². The Hall–Kier alpha value is -1.37. The van der Waals surface area contributed by atoms with Crippen LogP contribution < -0.4 is 11.1 Å². The molecule has 16 heavy (non-hydrogen) atoms. The van der Waals surface area contributed by atoms with Gasteiger partial charge in [0.1, 0.15) is 0 Å². The molecule has 0 fully saturated rings. The number of hydrogen-bond donors (Lipinski definition) is 3. The first-order chi connectivity index (χ1) is 7.56. The van der Waals surface area contributed by atoms with Crippen molar-refractivity contribution >= 4 is 22.4 Å². The zero-order chi connectivity index (χ0) is 12.1. The van der Waals surface area contributed by atoms with Gasteiger partial charge in [0.2, 0.25) is 0 Å². The van der Waals surface area contributed by atoms with Crippen LogP contribution in [0.25, 0.3) is 0 Å². The second-order valence-electron chi connectivity index (χ2n) is 3.35. The third-order valence-electron chi connectivity index (χ3n) is 2.13. The molecule has 1 aromatic rings. The fourth-order valence-electron chi connectivity index (χ4n) is 1.22. The lowest BCUT2D eigenvalue weighted by molar-refractivity contribution is 0.0952. The minimum Gasteiger partial charge on any atom is -0.395 e. The smallest absolute Gasteiger partial charge is 0.273 e. The van der Waals surface area contributed by atoms with E-state index in [1.807, 2.05) is 6.92 Å². The van der Waals surface area contributed by atoms with E-state index in [1.165, 1.54) is 0 Å². The topological polar surface area (TPSA) is 101 Å². The molecule has 0 aliphatic rings. The molecule has 90 valence electrons. The Kier molecular flexibility index (Phi) is 4.48. The number of carbonyl (C=O) groups is 1. The summed E-state index contributed by atoms with van der Waals surface area (Å²) in [6, 6.07) is 0. The standard InChI is InChI=1S/C9H16N4O2S/c1-3-6-7(10)8(13-12-6)9(14)11-4-5-16(2)15/h3-5,10H2,1-2H3,(H,11,14)(H,12,13). The molecular weight excluding hydrogens is 228 g/mol. The number of carbonyl (C=O) groups excluding carboxylic acids is 1. The highest BCUT2D eigenvalue weighted by Gasteiger charge is 2.15. The Morgan fingerprint density at radius 1 is 1.62 bits per heavy atom. The predicted molar refractivity (Wildman–Crippen MR) is 63.6 cm³/mol. The summed E-state index contributed by atoms with van der Waals surface area (Å²) < 4.78 is 10.8. The molecule has 7 heteroatoms. The van der Waals surface area contributed by atoms with Crippen LogP contribution in [0.5, 0.6) is 0 Å². The number of nitrogens with one attached hydrogen (secondary N) is 2. The number of aromatic nitrogens is 2. The molecule has 0 saturated carbocycles. The van der Waals surface area contributed by atoms with Crippen molar-refractivity contribution in [1.82, 2.24) is 15.5 Å². The predicted octanol–water partition coefficient (Wildman–Crippen LogP) is -0.337. The normalized spacial score (nSPS) is 12.4. The van der Waals surface area contributed by atoms with Crippen LogP contribution in [0.15, 0.2) is 0 Å². The average molecular weight is 244 g/mol. The van der Waals surface area contributed by atoms with Crippen LogP contribution in [0.3, 0.4) is 0 Å². The molecule has 0 saturated heterocycles. The van der Waals surface area contributed by atoms with Crippen molar-refractivity contribution < 1.29 is 9.00 Å². The lowest BCUT2D eigenvalue weighted by Crippen LogP contribution is -2.28. The van der Waals surface area contributed by atoms with E-state index >= 15 is 0 Å². The number of nitrogens with zero attached hydrogens (tertiary/aromatic N) is 1. The van der Waals surface area contributed by atoms with Gasteiger partial charge in [-0.25, -0.2) is 0 Å². The second-order valence-corrected chi connectivity index (χ2v) is 4.91. The number of aryl methyl sites for hydroxylation is 1. The fourth-order valence-corrected chi connectivity index (χ4v) is 1.61. The molecular formula is C9H16N4O2S. The summed E-state index contributed by atoms with van der Waals surface area (Å²) in [7, 11) is -0.914. The summed E-state index contributed by atoms with van der Waals surface area (Å²) in [6.07, 6.45) is 2.29. The van der Waals surface area contributed by atoms with E-state index in [0.29, 0.717) is 24.4 Å². The summed E-state index contributed by atoms with van der Waals surface area (Å²) in [5.41, 5.74) is 7.08. The number of rotatable bonds is 5. The number of nitrogen functional groups attached to an aromatic ring is 1. The highest BCUT2D eigenvalue weighted by molar-refractivity contribution is 7.84. The molecule has 0 aliphatic carbocycles. The van der Waals surface area contributed by atoms with Crippen molar-refractivity contribution in [3.8, 4) is 0 Å². The molecule has 1 unspecified atom stereocenters. The Morgan fingerprint density at radius 2 is 2.31 bits per heavy atom. The third kappa shape index (κ3) is 3.06. The van der Waals surface area contributed by atoms with Gasteiger partial charge in [0.25, 0.3) is 5.91 Å². The molecule has 0 bridgehead atoms. The number of H-pyrrole nitrogens is 1. The molecule has 0 radical (unpaired) electrons. The van der Waals surface area contributed by atoms with Crippen LogP contribution >= 0.6 is 0 Å². The molecule has 0 aromatic carbocycles.